The molecular weight excluding hydrogens is 2140 g/mol. The summed E-state index contributed by atoms with van der Waals surface area (Å²) in [4.78, 5) is 0. The van der Waals surface area contributed by atoms with Crippen LogP contribution in [-0.2, 0) is 196 Å². The minimum Gasteiger partial charge on any atom is -0.226 e. The second kappa shape index (κ2) is 55.3. The fourth-order valence-electron chi connectivity index (χ4n) is 20.2. The Kier molecular flexibility index (Phi) is 43.3. The third-order valence-electron chi connectivity index (χ3n) is 26.4. The van der Waals surface area contributed by atoms with Gasteiger partial charge in [-0.25, -0.2) is 33.4 Å². The Morgan fingerprint density at radius 1 is 0.164 bits per heavy atom. The molecule has 23 aromatic carbocycles. The van der Waals surface area contributed by atoms with Gasteiger partial charge in [0, 0.05) is 164 Å². The molecule has 146 heavy (non-hydrogen) atoms. The number of hydrogen-bond acceptors (Lipinski definition) is 0. The largest absolute Gasteiger partial charge is 0.226 e. The summed E-state index contributed by atoms with van der Waals surface area (Å²) in [5.41, 5.74) is 38.7. The first kappa shape index (κ1) is 114. The van der Waals surface area contributed by atoms with Crippen molar-refractivity contribution in [1.82, 2.24) is 0 Å². The normalized spacial score (nSPS) is 10.9. The van der Waals surface area contributed by atoms with Crippen LogP contribution in [0.1, 0.15) is 153 Å². The third-order valence-corrected chi connectivity index (χ3v) is 26.4. The van der Waals surface area contributed by atoms with Gasteiger partial charge in [0.1, 0.15) is 0 Å². The van der Waals surface area contributed by atoms with Crippen molar-refractivity contribution < 1.29 is 164 Å². The van der Waals surface area contributed by atoms with Crippen LogP contribution in [0, 0.1) is 60.7 Å². The van der Waals surface area contributed by atoms with Gasteiger partial charge in [-0.15, -0.1) is 126 Å². The van der Waals surface area contributed by atoms with E-state index in [0.717, 1.165) is 98.3 Å². The molecule has 5 radical (unpaired) electrons. The predicted molar refractivity (Wildman–Crippen MR) is 608 cm³/mol. The van der Waals surface area contributed by atoms with Gasteiger partial charge in [-0.05, 0) is 126 Å². The zero-order chi connectivity index (χ0) is 97.8. The number of benzene rings is 23. The summed E-state index contributed by atoms with van der Waals surface area (Å²) >= 11 is 0. The SMILES string of the molecule is CC.CC.CC.CC.CC.CC.CC.[Y].[Y].[Y].[Y].[Y].[c-]1cc2c(cc1-c1[c-]c3ccccc3c3ccccc13)-c1ccccc1C2.[c-]1cc2c(cc1-c1[c-]c3ccccc3cc1)-c1ccc3ccccc3c1C2.[c-]1cc2c(cc1-c1[c-]c3ccccc3cc1)-c1ccccc1C2.[c-]1ccccc1-c1[c-]c2ccccc2c2c1Cc1c-2ccc2ccccc12.[c-]1ccccc1-c1[c-]cc2c(c1)-c1cc3ccccc3cc1C2. The van der Waals surface area contributed by atoms with Crippen molar-refractivity contribution in [3.05, 3.63) is 517 Å². The summed E-state index contributed by atoms with van der Waals surface area (Å²) in [6.07, 6.45) is 4.97. The van der Waals surface area contributed by atoms with Crippen LogP contribution in [0.4, 0.5) is 0 Å². The van der Waals surface area contributed by atoms with E-state index >= 15 is 0 Å². The predicted octanol–water partition coefficient (Wildman–Crippen LogP) is 39.0. The van der Waals surface area contributed by atoms with Gasteiger partial charge in [0.25, 0.3) is 0 Å². The first-order chi connectivity index (χ1) is 69.9. The van der Waals surface area contributed by atoms with Crippen molar-refractivity contribution in [3.8, 4) is 111 Å². The molecule has 0 fully saturated rings. The fraction of sp³-hybridized carbons (Fsp3) is 0.135. The zero-order valence-electron chi connectivity index (χ0n) is 86.5. The van der Waals surface area contributed by atoms with E-state index in [0.29, 0.717) is 0 Å². The van der Waals surface area contributed by atoms with Crippen molar-refractivity contribution >= 4 is 86.2 Å². The van der Waals surface area contributed by atoms with Crippen LogP contribution >= 0.6 is 0 Å². The second-order valence-electron chi connectivity index (χ2n) is 33.8. The molecule has 28 rings (SSSR count). The average molecular weight is 2260 g/mol. The van der Waals surface area contributed by atoms with Gasteiger partial charge in [-0.3, -0.25) is 0 Å². The summed E-state index contributed by atoms with van der Waals surface area (Å²) in [6, 6.07) is 177. The van der Waals surface area contributed by atoms with Gasteiger partial charge in [0.15, 0.2) is 0 Å². The van der Waals surface area contributed by atoms with Crippen molar-refractivity contribution in [1.29, 1.82) is 0 Å². The molecule has 0 aromatic heterocycles. The Bertz CT molecular complexity index is 8380. The Morgan fingerprint density at radius 3 is 1.02 bits per heavy atom. The van der Waals surface area contributed by atoms with Crippen LogP contribution in [0.2, 0.25) is 0 Å². The molecule has 0 atom stereocenters. The Morgan fingerprint density at radius 2 is 0.507 bits per heavy atom. The van der Waals surface area contributed by atoms with Crippen LogP contribution < -0.4 is 0 Å². The summed E-state index contributed by atoms with van der Waals surface area (Å²) < 4.78 is 0. The minimum atomic E-state index is 0. The first-order valence-corrected chi connectivity index (χ1v) is 50.9. The fourth-order valence-corrected chi connectivity index (χ4v) is 20.2. The van der Waals surface area contributed by atoms with Gasteiger partial charge in [-0.2, -0.15) is 180 Å². The van der Waals surface area contributed by atoms with Gasteiger partial charge in [0.2, 0.25) is 0 Å². The van der Waals surface area contributed by atoms with E-state index < -0.39 is 0 Å². The monoisotopic (exact) mass is 2260 g/mol. The molecular formula is C141H118Y5-10. The van der Waals surface area contributed by atoms with Crippen LogP contribution in [0.3, 0.4) is 0 Å². The van der Waals surface area contributed by atoms with E-state index in [-0.39, 0.29) is 164 Å². The van der Waals surface area contributed by atoms with Crippen LogP contribution in [0.25, 0.3) is 197 Å². The Labute approximate surface area is 994 Å². The molecule has 0 amide bonds. The quantitative estimate of drug-likeness (QED) is 0.119. The molecule has 0 N–H and O–H groups in total. The summed E-state index contributed by atoms with van der Waals surface area (Å²) in [5, 5.41) is 20.1. The molecule has 0 heterocycles. The molecule has 5 heteroatoms. The van der Waals surface area contributed by atoms with Crippen LogP contribution in [-0.4, -0.2) is 0 Å². The van der Waals surface area contributed by atoms with E-state index in [2.05, 4.69) is 431 Å². The van der Waals surface area contributed by atoms with Crippen molar-refractivity contribution in [3.63, 3.8) is 0 Å². The van der Waals surface area contributed by atoms with Crippen molar-refractivity contribution in [2.24, 2.45) is 0 Å². The smallest absolute Gasteiger partial charge is 0 e. The van der Waals surface area contributed by atoms with E-state index in [1.165, 1.54) is 187 Å². The second-order valence-corrected chi connectivity index (χ2v) is 33.8. The molecule has 0 aliphatic heterocycles. The molecule has 23 aromatic rings. The van der Waals surface area contributed by atoms with Crippen LogP contribution in [0.15, 0.2) is 400 Å². The molecule has 0 unspecified atom stereocenters. The molecule has 0 spiro atoms. The molecule has 0 nitrogen and oxygen atoms in total. The summed E-state index contributed by atoms with van der Waals surface area (Å²) in [6.45, 7) is 28.0. The van der Waals surface area contributed by atoms with E-state index in [1.807, 2.05) is 127 Å². The maximum atomic E-state index is 3.70. The molecule has 0 bridgehead atoms. The Hall–Kier alpha value is -10.3. The molecule has 0 saturated carbocycles. The van der Waals surface area contributed by atoms with E-state index in [4.69, 9.17) is 0 Å². The summed E-state index contributed by atoms with van der Waals surface area (Å²) in [7, 11) is 0. The van der Waals surface area contributed by atoms with Gasteiger partial charge < -0.3 is 0 Å². The van der Waals surface area contributed by atoms with E-state index in [9.17, 15) is 0 Å². The Balaban J connectivity index is 0.000000156. The average Bonchev–Trinajstić information content (AvgIpc) is 1.58. The minimum absolute atomic E-state index is 0. The molecule has 0 saturated heterocycles. The maximum absolute atomic E-state index is 3.70. The van der Waals surface area contributed by atoms with Gasteiger partial charge in [0.05, 0.1) is 0 Å². The third kappa shape index (κ3) is 24.2. The van der Waals surface area contributed by atoms with Crippen molar-refractivity contribution in [2.45, 2.75) is 129 Å². The topological polar surface area (TPSA) is 0 Å². The number of hydrogen-bond donors (Lipinski definition) is 0. The van der Waals surface area contributed by atoms with Crippen LogP contribution in [0.5, 0.6) is 0 Å². The maximum Gasteiger partial charge on any atom is 0 e. The molecule has 5 aliphatic carbocycles. The van der Waals surface area contributed by atoms with Gasteiger partial charge >= 0.3 is 0 Å². The zero-order valence-corrected chi connectivity index (χ0v) is 101. The number of rotatable bonds is 5. The van der Waals surface area contributed by atoms with Gasteiger partial charge in [-0.1, -0.05) is 378 Å². The first-order valence-electron chi connectivity index (χ1n) is 50.9. The van der Waals surface area contributed by atoms with E-state index in [1.54, 1.807) is 0 Å². The molecule has 707 valence electrons. The summed E-state index contributed by atoms with van der Waals surface area (Å²) in [5.74, 6) is 0. The standard InChI is InChI=1S/3C27H16.2C23H14.7C2H6.5Y/c1-4-10-23-18(7-1)15-20-13-14-21(17-26(20)23)27-16-19-8-2-3-9-22(19)24-11-5-6-12-25(24)27;1-2-7-20-15-21(10-9-18(20)5-1)22-11-12-23-17-27-24-8-4-3-6-19(24)13-14-25(27)26(23)16-22;1-2-8-18(9-3-1)24-16-20-11-5-7-13-22(20)27-23-15-14-19-10-4-6-12-21(19)25(23)17-26(24)27;1-2-6-17-13-18(10-9-16(17)5-1)19-11-12-21-14-20-7-3-4-8-22(20)23(21)15-19;1-2-6-16(7-3-1)19-10-11-20-13-21-12-17-8-4-5-9-18(17)14-23(21)22(20)15-19;7*1-2;;;;;/h1-13,17H,15H2;1-10,12-14,16H,17H2;1-8,10-15H,17H2;1-10,12,15H,14H2;1-6,8-9,11-12,14-15H,13H2;7*1-2H3;;;;;/q5*-2;;;;;;;;;;;;. The molecule has 5 aliphatic rings. The van der Waals surface area contributed by atoms with Crippen molar-refractivity contribution in [2.75, 3.05) is 0 Å². The number of fused-ring (bicyclic) bond motifs is 27.